The van der Waals surface area contributed by atoms with Crippen molar-refractivity contribution in [1.29, 1.82) is 0 Å². The Morgan fingerprint density at radius 1 is 1.48 bits per heavy atom. The zero-order valence-electron chi connectivity index (χ0n) is 14.7. The molecule has 1 N–H and O–H groups in total. The molecule has 4 rings (SSSR count). The van der Waals surface area contributed by atoms with Crippen molar-refractivity contribution < 1.29 is 18.7 Å². The Hall–Kier alpha value is -3.07. The average Bonchev–Trinajstić information content (AvgIpc) is 3.11. The molecule has 1 saturated heterocycles. The van der Waals surface area contributed by atoms with Crippen molar-refractivity contribution in [2.45, 2.75) is 19.6 Å². The van der Waals surface area contributed by atoms with E-state index in [1.165, 1.54) is 17.3 Å². The SMILES string of the molecule is Cc1ccc(COC(=O)N2CCOC(c3nc4ncncc4[nH]3)C2)c(F)c1. The second-order valence-corrected chi connectivity index (χ2v) is 6.34. The number of H-pyrrole nitrogens is 1. The predicted octanol–water partition coefficient (Wildman–Crippen LogP) is 2.51. The van der Waals surface area contributed by atoms with Crippen LogP contribution in [0.25, 0.3) is 11.2 Å². The van der Waals surface area contributed by atoms with Gasteiger partial charge in [0.15, 0.2) is 5.65 Å². The van der Waals surface area contributed by atoms with Crippen molar-refractivity contribution >= 4 is 17.3 Å². The first-order valence-corrected chi connectivity index (χ1v) is 8.54. The van der Waals surface area contributed by atoms with Crippen molar-refractivity contribution in [1.82, 2.24) is 24.8 Å². The number of amides is 1. The first kappa shape index (κ1) is 17.3. The predicted molar refractivity (Wildman–Crippen MR) is 93.3 cm³/mol. The van der Waals surface area contributed by atoms with Crippen LogP contribution < -0.4 is 0 Å². The van der Waals surface area contributed by atoms with Gasteiger partial charge in [-0.05, 0) is 18.6 Å². The van der Waals surface area contributed by atoms with Crippen molar-refractivity contribution in [2.75, 3.05) is 19.7 Å². The number of nitrogens with one attached hydrogen (secondary N) is 1. The van der Waals surface area contributed by atoms with E-state index in [2.05, 4.69) is 19.9 Å². The van der Waals surface area contributed by atoms with Gasteiger partial charge in [0.25, 0.3) is 0 Å². The molecule has 1 unspecified atom stereocenters. The van der Waals surface area contributed by atoms with E-state index in [0.717, 1.165) is 5.56 Å². The number of aromatic amines is 1. The zero-order valence-corrected chi connectivity index (χ0v) is 14.7. The summed E-state index contributed by atoms with van der Waals surface area (Å²) in [6.07, 6.45) is 2.11. The van der Waals surface area contributed by atoms with Crippen LogP contribution in [0.1, 0.15) is 23.1 Å². The summed E-state index contributed by atoms with van der Waals surface area (Å²) in [7, 11) is 0. The number of morpholine rings is 1. The van der Waals surface area contributed by atoms with Gasteiger partial charge in [-0.3, -0.25) is 0 Å². The van der Waals surface area contributed by atoms with E-state index >= 15 is 0 Å². The van der Waals surface area contributed by atoms with Crippen LogP contribution in [-0.2, 0) is 16.1 Å². The Bertz CT molecular complexity index is 944. The molecule has 9 heteroatoms. The highest BCUT2D eigenvalue weighted by Crippen LogP contribution is 2.22. The molecule has 0 spiro atoms. The maximum Gasteiger partial charge on any atom is 0.410 e. The lowest BCUT2D eigenvalue weighted by molar-refractivity contribution is -0.0330. The van der Waals surface area contributed by atoms with Crippen LogP contribution in [-0.4, -0.2) is 50.6 Å². The van der Waals surface area contributed by atoms with Gasteiger partial charge in [0.05, 0.1) is 19.3 Å². The Morgan fingerprint density at radius 2 is 2.37 bits per heavy atom. The number of carbonyl (C=O) groups is 1. The molecule has 3 heterocycles. The summed E-state index contributed by atoms with van der Waals surface area (Å²) in [6, 6.07) is 4.81. The molecule has 1 fully saturated rings. The van der Waals surface area contributed by atoms with Gasteiger partial charge >= 0.3 is 6.09 Å². The van der Waals surface area contributed by atoms with E-state index in [-0.39, 0.29) is 19.0 Å². The van der Waals surface area contributed by atoms with E-state index in [9.17, 15) is 9.18 Å². The standard InChI is InChI=1S/C18H18FN5O3/c1-11-2-3-12(13(19)6-11)9-27-18(25)24-4-5-26-15(8-24)17-22-14-7-20-10-21-16(14)23-17/h2-3,6-7,10,15H,4-5,8-9H2,1H3,(H,20,21,22,23). The van der Waals surface area contributed by atoms with E-state index in [1.54, 1.807) is 25.3 Å². The van der Waals surface area contributed by atoms with Crippen LogP contribution in [0.3, 0.4) is 0 Å². The number of imidazole rings is 1. The van der Waals surface area contributed by atoms with Crippen LogP contribution in [0, 0.1) is 12.7 Å². The molecule has 0 bridgehead atoms. The quantitative estimate of drug-likeness (QED) is 0.760. The summed E-state index contributed by atoms with van der Waals surface area (Å²) in [4.78, 5) is 29.4. The summed E-state index contributed by atoms with van der Waals surface area (Å²) >= 11 is 0. The number of fused-ring (bicyclic) bond motifs is 1. The third-order valence-corrected chi connectivity index (χ3v) is 4.37. The number of benzene rings is 1. The van der Waals surface area contributed by atoms with Gasteiger partial charge < -0.3 is 19.4 Å². The van der Waals surface area contributed by atoms with Gasteiger partial charge in [-0.2, -0.15) is 0 Å². The van der Waals surface area contributed by atoms with Gasteiger partial charge in [0.2, 0.25) is 0 Å². The number of nitrogens with zero attached hydrogens (tertiary/aromatic N) is 4. The van der Waals surface area contributed by atoms with Gasteiger partial charge in [0, 0.05) is 12.1 Å². The third kappa shape index (κ3) is 3.72. The molecule has 1 atom stereocenters. The van der Waals surface area contributed by atoms with Gasteiger partial charge in [-0.15, -0.1) is 0 Å². The first-order valence-electron chi connectivity index (χ1n) is 8.54. The molecule has 1 aromatic carbocycles. The second kappa shape index (κ2) is 7.28. The van der Waals surface area contributed by atoms with Crippen LogP contribution in [0.15, 0.2) is 30.7 Å². The van der Waals surface area contributed by atoms with E-state index in [0.29, 0.717) is 35.7 Å². The fourth-order valence-electron chi connectivity index (χ4n) is 2.91. The number of halogens is 1. The molecular formula is C18H18FN5O3. The molecule has 1 aliphatic rings. The number of hydrogen-bond acceptors (Lipinski definition) is 6. The Labute approximate surface area is 154 Å². The summed E-state index contributed by atoms with van der Waals surface area (Å²) in [6.45, 7) is 2.71. The van der Waals surface area contributed by atoms with Crippen molar-refractivity contribution in [3.63, 3.8) is 0 Å². The van der Waals surface area contributed by atoms with Gasteiger partial charge in [0.1, 0.15) is 36.2 Å². The lowest BCUT2D eigenvalue weighted by Gasteiger charge is -2.31. The number of ether oxygens (including phenoxy) is 2. The number of hydrogen-bond donors (Lipinski definition) is 1. The van der Waals surface area contributed by atoms with Crippen LogP contribution >= 0.6 is 0 Å². The summed E-state index contributed by atoms with van der Waals surface area (Å²) < 4.78 is 24.9. The summed E-state index contributed by atoms with van der Waals surface area (Å²) in [5.41, 5.74) is 2.40. The highest BCUT2D eigenvalue weighted by Gasteiger charge is 2.28. The monoisotopic (exact) mass is 371 g/mol. The average molecular weight is 371 g/mol. The van der Waals surface area contributed by atoms with Crippen LogP contribution in [0.4, 0.5) is 9.18 Å². The van der Waals surface area contributed by atoms with Gasteiger partial charge in [-0.25, -0.2) is 24.1 Å². The Morgan fingerprint density at radius 3 is 3.19 bits per heavy atom. The van der Waals surface area contributed by atoms with E-state index in [1.807, 2.05) is 0 Å². The molecule has 140 valence electrons. The molecular weight excluding hydrogens is 353 g/mol. The minimum absolute atomic E-state index is 0.118. The molecule has 1 amide bonds. The summed E-state index contributed by atoms with van der Waals surface area (Å²) in [5.74, 6) is 0.193. The topological polar surface area (TPSA) is 93.2 Å². The lowest BCUT2D eigenvalue weighted by atomic mass is 10.1. The number of rotatable bonds is 3. The number of aryl methyl sites for hydroxylation is 1. The molecule has 0 radical (unpaired) electrons. The van der Waals surface area contributed by atoms with Crippen LogP contribution in [0.2, 0.25) is 0 Å². The highest BCUT2D eigenvalue weighted by atomic mass is 19.1. The zero-order chi connectivity index (χ0) is 18.8. The second-order valence-electron chi connectivity index (χ2n) is 6.34. The van der Waals surface area contributed by atoms with E-state index < -0.39 is 12.2 Å². The molecule has 0 saturated carbocycles. The molecule has 8 nitrogen and oxygen atoms in total. The molecule has 1 aliphatic heterocycles. The normalized spacial score (nSPS) is 17.3. The number of carbonyl (C=O) groups excluding carboxylic acids is 1. The minimum Gasteiger partial charge on any atom is -0.444 e. The Balaban J connectivity index is 1.40. The van der Waals surface area contributed by atoms with Crippen molar-refractivity contribution in [3.05, 3.63) is 53.5 Å². The molecule has 27 heavy (non-hydrogen) atoms. The fourth-order valence-corrected chi connectivity index (χ4v) is 2.91. The Kier molecular flexibility index (Phi) is 4.68. The number of aromatic nitrogens is 4. The third-order valence-electron chi connectivity index (χ3n) is 4.37. The molecule has 2 aromatic heterocycles. The van der Waals surface area contributed by atoms with Crippen molar-refractivity contribution in [3.8, 4) is 0 Å². The largest absolute Gasteiger partial charge is 0.444 e. The van der Waals surface area contributed by atoms with Crippen molar-refractivity contribution in [2.24, 2.45) is 0 Å². The fraction of sp³-hybridized carbons (Fsp3) is 0.333. The lowest BCUT2D eigenvalue weighted by Crippen LogP contribution is -2.42. The maximum atomic E-state index is 13.9. The minimum atomic E-state index is -0.515. The van der Waals surface area contributed by atoms with E-state index in [4.69, 9.17) is 9.47 Å². The van der Waals surface area contributed by atoms with Crippen LogP contribution in [0.5, 0.6) is 0 Å². The first-order chi connectivity index (χ1) is 13.1. The maximum absolute atomic E-state index is 13.9. The molecule has 3 aromatic rings. The summed E-state index contributed by atoms with van der Waals surface area (Å²) in [5, 5.41) is 0. The van der Waals surface area contributed by atoms with Gasteiger partial charge in [-0.1, -0.05) is 12.1 Å². The molecule has 0 aliphatic carbocycles. The highest BCUT2D eigenvalue weighted by molar-refractivity contribution is 5.69. The smallest absolute Gasteiger partial charge is 0.410 e.